The molecular weight excluding hydrogens is 263 g/mol. The van der Waals surface area contributed by atoms with E-state index in [2.05, 4.69) is 6.92 Å². The molecule has 0 N–H and O–H groups in total. The van der Waals surface area contributed by atoms with Gasteiger partial charge in [-0.3, -0.25) is 4.79 Å². The topological polar surface area (TPSA) is 17.1 Å². The number of rotatable bonds is 7. The number of halogens is 1. The van der Waals surface area contributed by atoms with Gasteiger partial charge >= 0.3 is 0 Å². The Hall–Kier alpha value is -1.18. The third-order valence-corrected chi connectivity index (χ3v) is 4.79. The predicted molar refractivity (Wildman–Crippen MR) is 84.7 cm³/mol. The molecule has 2 heteroatoms. The fourth-order valence-electron chi connectivity index (χ4n) is 3.45. The standard InChI is InChI=1S/C19H27FO/c1-2-3-4-6-15-9-11-17(12-10-15)19(21)14-16-7-5-8-18(20)13-16/h5,7-8,13,15,17H,2-4,6,9-12,14H2,1H3. The van der Waals surface area contributed by atoms with E-state index in [0.717, 1.165) is 24.3 Å². The van der Waals surface area contributed by atoms with Gasteiger partial charge in [0.1, 0.15) is 11.6 Å². The maximum atomic E-state index is 13.1. The summed E-state index contributed by atoms with van der Waals surface area (Å²) in [7, 11) is 0. The Kier molecular flexibility index (Phi) is 6.41. The van der Waals surface area contributed by atoms with Crippen LogP contribution in [0.15, 0.2) is 24.3 Å². The van der Waals surface area contributed by atoms with Crippen molar-refractivity contribution >= 4 is 5.78 Å². The van der Waals surface area contributed by atoms with Crippen LogP contribution in [-0.4, -0.2) is 5.78 Å². The molecule has 1 aliphatic carbocycles. The highest BCUT2D eigenvalue weighted by Gasteiger charge is 2.25. The average molecular weight is 290 g/mol. The van der Waals surface area contributed by atoms with Crippen molar-refractivity contribution in [1.82, 2.24) is 0 Å². The molecule has 0 spiro atoms. The highest BCUT2D eigenvalue weighted by atomic mass is 19.1. The molecule has 116 valence electrons. The molecule has 0 aliphatic heterocycles. The molecule has 1 fully saturated rings. The van der Waals surface area contributed by atoms with Gasteiger partial charge in [0.15, 0.2) is 0 Å². The minimum Gasteiger partial charge on any atom is -0.299 e. The van der Waals surface area contributed by atoms with Gasteiger partial charge in [-0.1, -0.05) is 44.7 Å². The maximum absolute atomic E-state index is 13.1. The molecule has 21 heavy (non-hydrogen) atoms. The minimum absolute atomic E-state index is 0.204. The number of hydrogen-bond acceptors (Lipinski definition) is 1. The van der Waals surface area contributed by atoms with Crippen LogP contribution >= 0.6 is 0 Å². The predicted octanol–water partition coefficient (Wildman–Crippen LogP) is 5.32. The SMILES string of the molecule is CCCCCC1CCC(C(=O)Cc2cccc(F)c2)CC1. The van der Waals surface area contributed by atoms with Crippen LogP contribution in [0.3, 0.4) is 0 Å². The second kappa shape index (κ2) is 8.31. The third kappa shape index (κ3) is 5.26. The van der Waals surface area contributed by atoms with Crippen molar-refractivity contribution in [2.45, 2.75) is 64.7 Å². The number of unbranched alkanes of at least 4 members (excludes halogenated alkanes) is 2. The first-order valence-electron chi connectivity index (χ1n) is 8.46. The molecular formula is C19H27FO. The Labute approximate surface area is 127 Å². The van der Waals surface area contributed by atoms with E-state index in [1.165, 1.54) is 50.7 Å². The summed E-state index contributed by atoms with van der Waals surface area (Å²) in [5, 5.41) is 0. The molecule has 0 atom stereocenters. The lowest BCUT2D eigenvalue weighted by Crippen LogP contribution is -2.23. The molecule has 0 bridgehead atoms. The maximum Gasteiger partial charge on any atom is 0.140 e. The number of hydrogen-bond donors (Lipinski definition) is 0. The van der Waals surface area contributed by atoms with Crippen LogP contribution in [0.5, 0.6) is 0 Å². The van der Waals surface area contributed by atoms with Gasteiger partial charge in [-0.2, -0.15) is 0 Å². The summed E-state index contributed by atoms with van der Waals surface area (Å²) in [6.07, 6.45) is 10.1. The summed E-state index contributed by atoms with van der Waals surface area (Å²) in [5.74, 6) is 1.08. The zero-order valence-electron chi connectivity index (χ0n) is 13.1. The van der Waals surface area contributed by atoms with Gasteiger partial charge in [-0.05, 0) is 49.3 Å². The Bertz CT molecular complexity index is 447. The minimum atomic E-state index is -0.250. The Morgan fingerprint density at radius 3 is 2.62 bits per heavy atom. The van der Waals surface area contributed by atoms with Crippen LogP contribution in [0.2, 0.25) is 0 Å². The first kappa shape index (κ1) is 16.2. The van der Waals surface area contributed by atoms with Gasteiger partial charge < -0.3 is 0 Å². The van der Waals surface area contributed by atoms with E-state index in [9.17, 15) is 9.18 Å². The molecule has 2 rings (SSSR count). The van der Waals surface area contributed by atoms with Gasteiger partial charge in [-0.15, -0.1) is 0 Å². The number of carbonyl (C=O) groups is 1. The molecule has 0 amide bonds. The average Bonchev–Trinajstić information content (AvgIpc) is 2.48. The summed E-state index contributed by atoms with van der Waals surface area (Å²) in [4.78, 5) is 12.3. The van der Waals surface area contributed by atoms with Gasteiger partial charge in [0, 0.05) is 12.3 Å². The molecule has 0 aromatic heterocycles. The quantitative estimate of drug-likeness (QED) is 0.621. The molecule has 1 nitrogen and oxygen atoms in total. The van der Waals surface area contributed by atoms with Crippen LogP contribution in [-0.2, 0) is 11.2 Å². The Morgan fingerprint density at radius 2 is 1.95 bits per heavy atom. The monoisotopic (exact) mass is 290 g/mol. The largest absolute Gasteiger partial charge is 0.299 e. The fraction of sp³-hybridized carbons (Fsp3) is 0.632. The normalized spacial score (nSPS) is 22.2. The summed E-state index contributed by atoms with van der Waals surface area (Å²) in [5.41, 5.74) is 0.810. The zero-order valence-corrected chi connectivity index (χ0v) is 13.1. The van der Waals surface area contributed by atoms with E-state index in [0.29, 0.717) is 12.2 Å². The molecule has 0 radical (unpaired) electrons. The Balaban J connectivity index is 1.75. The summed E-state index contributed by atoms with van der Waals surface area (Å²) in [6, 6.07) is 6.43. The van der Waals surface area contributed by atoms with Crippen molar-refractivity contribution in [2.75, 3.05) is 0 Å². The summed E-state index contributed by atoms with van der Waals surface area (Å²) in [6.45, 7) is 2.24. The molecule has 0 saturated heterocycles. The van der Waals surface area contributed by atoms with Gasteiger partial charge in [0.25, 0.3) is 0 Å². The molecule has 0 heterocycles. The van der Waals surface area contributed by atoms with Crippen molar-refractivity contribution in [3.63, 3.8) is 0 Å². The van der Waals surface area contributed by atoms with Crippen molar-refractivity contribution in [3.8, 4) is 0 Å². The number of ketones is 1. The first-order valence-corrected chi connectivity index (χ1v) is 8.46. The molecule has 1 saturated carbocycles. The van der Waals surface area contributed by atoms with E-state index in [-0.39, 0.29) is 11.7 Å². The van der Waals surface area contributed by atoms with Crippen LogP contribution in [0, 0.1) is 17.7 Å². The van der Waals surface area contributed by atoms with Crippen molar-refractivity contribution in [2.24, 2.45) is 11.8 Å². The first-order chi connectivity index (χ1) is 10.2. The van der Waals surface area contributed by atoms with Gasteiger partial charge in [0.2, 0.25) is 0 Å². The highest BCUT2D eigenvalue weighted by Crippen LogP contribution is 2.33. The lowest BCUT2D eigenvalue weighted by molar-refractivity contribution is -0.123. The van der Waals surface area contributed by atoms with Crippen LogP contribution in [0.4, 0.5) is 4.39 Å². The lowest BCUT2D eigenvalue weighted by Gasteiger charge is -2.27. The van der Waals surface area contributed by atoms with Crippen LogP contribution in [0.25, 0.3) is 0 Å². The number of Topliss-reactive ketones (excluding diaryl/α,β-unsaturated/α-hetero) is 1. The summed E-state index contributed by atoms with van der Waals surface area (Å²) < 4.78 is 13.1. The molecule has 1 aromatic carbocycles. The van der Waals surface area contributed by atoms with Gasteiger partial charge in [0.05, 0.1) is 0 Å². The van der Waals surface area contributed by atoms with Crippen molar-refractivity contribution in [3.05, 3.63) is 35.6 Å². The highest BCUT2D eigenvalue weighted by molar-refractivity contribution is 5.83. The second-order valence-electron chi connectivity index (χ2n) is 6.49. The zero-order chi connectivity index (χ0) is 15.1. The van der Waals surface area contributed by atoms with Crippen LogP contribution < -0.4 is 0 Å². The van der Waals surface area contributed by atoms with E-state index >= 15 is 0 Å². The van der Waals surface area contributed by atoms with E-state index in [4.69, 9.17) is 0 Å². The Morgan fingerprint density at radius 1 is 1.19 bits per heavy atom. The van der Waals surface area contributed by atoms with E-state index in [1.54, 1.807) is 6.07 Å². The fourth-order valence-corrected chi connectivity index (χ4v) is 3.45. The lowest BCUT2D eigenvalue weighted by atomic mass is 9.77. The van der Waals surface area contributed by atoms with Gasteiger partial charge in [-0.25, -0.2) is 4.39 Å². The van der Waals surface area contributed by atoms with E-state index < -0.39 is 0 Å². The molecule has 0 unspecified atom stereocenters. The molecule has 1 aliphatic rings. The number of carbonyl (C=O) groups excluding carboxylic acids is 1. The number of benzene rings is 1. The molecule has 1 aromatic rings. The second-order valence-corrected chi connectivity index (χ2v) is 6.49. The summed E-state index contributed by atoms with van der Waals surface area (Å²) >= 11 is 0. The smallest absolute Gasteiger partial charge is 0.140 e. The van der Waals surface area contributed by atoms with Crippen molar-refractivity contribution in [1.29, 1.82) is 0 Å². The van der Waals surface area contributed by atoms with Crippen LogP contribution in [0.1, 0.15) is 63.9 Å². The van der Waals surface area contributed by atoms with E-state index in [1.807, 2.05) is 6.07 Å². The third-order valence-electron chi connectivity index (χ3n) is 4.79. The van der Waals surface area contributed by atoms with Crippen molar-refractivity contribution < 1.29 is 9.18 Å².